The summed E-state index contributed by atoms with van der Waals surface area (Å²) in [5, 5.41) is 11.5. The lowest BCUT2D eigenvalue weighted by Gasteiger charge is -2.27. The van der Waals surface area contributed by atoms with E-state index in [1.807, 2.05) is 82.3 Å². The predicted octanol–water partition coefficient (Wildman–Crippen LogP) is 6.06. The molecule has 1 aliphatic rings. The van der Waals surface area contributed by atoms with Crippen molar-refractivity contribution in [3.05, 3.63) is 100 Å². The molecule has 5 heteroatoms. The third-order valence-electron chi connectivity index (χ3n) is 6.30. The molecule has 4 rings (SSSR count). The number of carbonyl (C=O) groups excluding carboxylic acids is 2. The van der Waals surface area contributed by atoms with Crippen molar-refractivity contribution in [3.63, 3.8) is 0 Å². The summed E-state index contributed by atoms with van der Waals surface area (Å²) < 4.78 is 5.47. The molecule has 5 nitrogen and oxygen atoms in total. The maximum absolute atomic E-state index is 13.4. The monoisotopic (exact) mass is 455 g/mol. The highest BCUT2D eigenvalue weighted by atomic mass is 16.5. The summed E-state index contributed by atoms with van der Waals surface area (Å²) in [6, 6.07) is 19.7. The molecule has 0 saturated carbocycles. The summed E-state index contributed by atoms with van der Waals surface area (Å²) in [5.74, 6) is -0.689. The molecule has 1 saturated heterocycles. The highest BCUT2D eigenvalue weighted by molar-refractivity contribution is 6.51. The molecule has 1 amide bonds. The van der Waals surface area contributed by atoms with Crippen molar-refractivity contribution in [1.29, 1.82) is 0 Å². The van der Waals surface area contributed by atoms with E-state index in [0.29, 0.717) is 17.0 Å². The molecule has 1 heterocycles. The lowest BCUT2D eigenvalue weighted by Crippen LogP contribution is -2.30. The van der Waals surface area contributed by atoms with Crippen LogP contribution in [0.1, 0.15) is 53.6 Å². The van der Waals surface area contributed by atoms with Crippen molar-refractivity contribution in [2.75, 3.05) is 12.0 Å². The average Bonchev–Trinajstić information content (AvgIpc) is 3.09. The van der Waals surface area contributed by atoms with E-state index >= 15 is 0 Å². The molecule has 0 aromatic heterocycles. The van der Waals surface area contributed by atoms with Crippen LogP contribution in [0.4, 0.5) is 5.69 Å². The number of hydrogen-bond donors (Lipinski definition) is 1. The average molecular weight is 456 g/mol. The van der Waals surface area contributed by atoms with Crippen LogP contribution in [0.3, 0.4) is 0 Å². The van der Waals surface area contributed by atoms with Crippen LogP contribution < -0.4 is 9.64 Å². The largest absolute Gasteiger partial charge is 0.507 e. The van der Waals surface area contributed by atoms with Crippen LogP contribution in [0.15, 0.2) is 72.3 Å². The standard InChI is InChI=1S/C29H29NO4/c1-17(2)22-16-21(13-14-24(22)34-5)27(31)25-26(20-11-8-9-18(3)15-20)30(29(33)28(25)32)23-12-7-6-10-19(23)4/h6-17,26,31H,1-5H3/b27-25-. The first-order chi connectivity index (χ1) is 16.2. The van der Waals surface area contributed by atoms with Crippen LogP contribution >= 0.6 is 0 Å². The Morgan fingerprint density at radius 2 is 1.71 bits per heavy atom. The first-order valence-electron chi connectivity index (χ1n) is 11.4. The predicted molar refractivity (Wildman–Crippen MR) is 134 cm³/mol. The molecule has 3 aromatic carbocycles. The first kappa shape index (κ1) is 23.3. The van der Waals surface area contributed by atoms with Crippen molar-refractivity contribution >= 4 is 23.1 Å². The number of rotatable bonds is 5. The Labute approximate surface area is 200 Å². The Bertz CT molecular complexity index is 1300. The van der Waals surface area contributed by atoms with Gasteiger partial charge in [-0.3, -0.25) is 14.5 Å². The summed E-state index contributed by atoms with van der Waals surface area (Å²) in [7, 11) is 1.60. The van der Waals surface area contributed by atoms with Crippen LogP contribution in [0.5, 0.6) is 5.75 Å². The molecule has 0 bridgehead atoms. The Hall–Kier alpha value is -3.86. The van der Waals surface area contributed by atoms with E-state index in [1.165, 1.54) is 4.90 Å². The Balaban J connectivity index is 1.97. The van der Waals surface area contributed by atoms with Gasteiger partial charge in [0.1, 0.15) is 11.5 Å². The number of anilines is 1. The minimum absolute atomic E-state index is 0.0822. The smallest absolute Gasteiger partial charge is 0.300 e. The molecular formula is C29H29NO4. The van der Waals surface area contributed by atoms with Crippen molar-refractivity contribution in [2.24, 2.45) is 0 Å². The number of aryl methyl sites for hydroxylation is 2. The van der Waals surface area contributed by atoms with Gasteiger partial charge in [0.25, 0.3) is 11.7 Å². The van der Waals surface area contributed by atoms with E-state index in [4.69, 9.17) is 4.74 Å². The third-order valence-corrected chi connectivity index (χ3v) is 6.30. The minimum atomic E-state index is -0.745. The van der Waals surface area contributed by atoms with Crippen molar-refractivity contribution in [3.8, 4) is 5.75 Å². The van der Waals surface area contributed by atoms with Gasteiger partial charge in [-0.05, 0) is 60.7 Å². The fraction of sp³-hybridized carbons (Fsp3) is 0.241. The number of methoxy groups -OCH3 is 1. The number of benzene rings is 3. The number of nitrogens with zero attached hydrogens (tertiary/aromatic N) is 1. The van der Waals surface area contributed by atoms with Gasteiger partial charge in [0.05, 0.1) is 18.7 Å². The number of amides is 1. The molecule has 174 valence electrons. The normalized spacial score (nSPS) is 17.5. The van der Waals surface area contributed by atoms with Crippen LogP contribution in [0, 0.1) is 13.8 Å². The minimum Gasteiger partial charge on any atom is -0.507 e. The second kappa shape index (κ2) is 9.18. The Morgan fingerprint density at radius 1 is 0.971 bits per heavy atom. The molecule has 0 aliphatic carbocycles. The fourth-order valence-corrected chi connectivity index (χ4v) is 4.56. The van der Waals surface area contributed by atoms with E-state index in [2.05, 4.69) is 0 Å². The number of para-hydroxylation sites is 1. The van der Waals surface area contributed by atoms with Gasteiger partial charge in [-0.15, -0.1) is 0 Å². The summed E-state index contributed by atoms with van der Waals surface area (Å²) in [4.78, 5) is 28.3. The second-order valence-corrected chi connectivity index (χ2v) is 8.98. The van der Waals surface area contributed by atoms with Gasteiger partial charge in [0.2, 0.25) is 0 Å². The molecule has 3 aromatic rings. The van der Waals surface area contributed by atoms with Crippen LogP contribution in [-0.2, 0) is 9.59 Å². The van der Waals surface area contributed by atoms with Gasteiger partial charge < -0.3 is 9.84 Å². The lowest BCUT2D eigenvalue weighted by atomic mass is 9.92. The maximum Gasteiger partial charge on any atom is 0.300 e. The van der Waals surface area contributed by atoms with Gasteiger partial charge >= 0.3 is 0 Å². The number of carbonyl (C=O) groups is 2. The summed E-state index contributed by atoms with van der Waals surface area (Å²) in [6.45, 7) is 7.93. The maximum atomic E-state index is 13.4. The number of aliphatic hydroxyl groups is 1. The number of aliphatic hydroxyl groups excluding tert-OH is 1. The summed E-state index contributed by atoms with van der Waals surface area (Å²) >= 11 is 0. The van der Waals surface area contributed by atoms with Gasteiger partial charge in [-0.1, -0.05) is 61.9 Å². The van der Waals surface area contributed by atoms with E-state index in [9.17, 15) is 14.7 Å². The van der Waals surface area contributed by atoms with Gasteiger partial charge in [-0.2, -0.15) is 0 Å². The molecule has 0 radical (unpaired) electrons. The Morgan fingerprint density at radius 3 is 2.35 bits per heavy atom. The lowest BCUT2D eigenvalue weighted by molar-refractivity contribution is -0.132. The molecule has 1 N–H and O–H groups in total. The first-order valence-corrected chi connectivity index (χ1v) is 11.4. The van der Waals surface area contributed by atoms with Gasteiger partial charge in [-0.25, -0.2) is 0 Å². The van der Waals surface area contributed by atoms with E-state index < -0.39 is 17.7 Å². The van der Waals surface area contributed by atoms with Crippen LogP contribution in [0.2, 0.25) is 0 Å². The zero-order chi connectivity index (χ0) is 24.6. The highest BCUT2D eigenvalue weighted by Gasteiger charge is 2.47. The molecule has 1 aliphatic heterocycles. The second-order valence-electron chi connectivity index (χ2n) is 8.98. The van der Waals surface area contributed by atoms with Crippen LogP contribution in [-0.4, -0.2) is 23.9 Å². The molecule has 1 unspecified atom stereocenters. The molecule has 34 heavy (non-hydrogen) atoms. The molecular weight excluding hydrogens is 426 g/mol. The van der Waals surface area contributed by atoms with Gasteiger partial charge in [0.15, 0.2) is 0 Å². The quantitative estimate of drug-likeness (QED) is 0.288. The fourth-order valence-electron chi connectivity index (χ4n) is 4.56. The Kier molecular flexibility index (Phi) is 6.29. The zero-order valence-corrected chi connectivity index (χ0v) is 20.1. The van der Waals surface area contributed by atoms with Crippen molar-refractivity contribution < 1.29 is 19.4 Å². The molecule has 1 atom stereocenters. The van der Waals surface area contributed by atoms with E-state index in [1.54, 1.807) is 19.2 Å². The van der Waals surface area contributed by atoms with E-state index in [0.717, 1.165) is 22.3 Å². The number of ether oxygens (including phenoxy) is 1. The SMILES string of the molecule is COc1ccc(/C(O)=C2/C(=O)C(=O)N(c3ccccc3C)C2c2cccc(C)c2)cc1C(C)C. The summed E-state index contributed by atoms with van der Waals surface area (Å²) in [6.07, 6.45) is 0. The number of Topliss-reactive ketones (excluding diaryl/α,β-unsaturated/α-hetero) is 1. The van der Waals surface area contributed by atoms with Crippen molar-refractivity contribution in [1.82, 2.24) is 0 Å². The molecule has 0 spiro atoms. The number of hydrogen-bond acceptors (Lipinski definition) is 4. The zero-order valence-electron chi connectivity index (χ0n) is 20.1. The van der Waals surface area contributed by atoms with E-state index in [-0.39, 0.29) is 17.3 Å². The molecule has 1 fully saturated rings. The topological polar surface area (TPSA) is 66.8 Å². The third kappa shape index (κ3) is 3.98. The van der Waals surface area contributed by atoms with Crippen LogP contribution in [0.25, 0.3) is 5.76 Å². The highest BCUT2D eigenvalue weighted by Crippen LogP contribution is 2.43. The summed E-state index contributed by atoms with van der Waals surface area (Å²) in [5.41, 5.74) is 4.75. The van der Waals surface area contributed by atoms with Gasteiger partial charge in [0, 0.05) is 11.3 Å². The number of ketones is 1. The van der Waals surface area contributed by atoms with Crippen molar-refractivity contribution in [2.45, 2.75) is 39.7 Å².